The van der Waals surface area contributed by atoms with E-state index in [0.717, 1.165) is 49.9 Å². The van der Waals surface area contributed by atoms with Gasteiger partial charge in [-0.1, -0.05) is 35.3 Å². The number of carbonyl (C=O) groups excluding carboxylic acids is 1. The van der Waals surface area contributed by atoms with E-state index in [4.69, 9.17) is 4.74 Å². The molecule has 1 fully saturated rings. The maximum absolute atomic E-state index is 11.8. The van der Waals surface area contributed by atoms with Crippen molar-refractivity contribution in [3.8, 4) is 0 Å². The molecule has 0 spiro atoms. The molecule has 2 heterocycles. The quantitative estimate of drug-likeness (QED) is 0.765. The average molecular weight is 367 g/mol. The molecule has 1 aromatic rings. The van der Waals surface area contributed by atoms with Crippen molar-refractivity contribution in [2.24, 2.45) is 0 Å². The molecule has 1 saturated heterocycles. The fourth-order valence-corrected chi connectivity index (χ4v) is 3.49. The highest BCUT2D eigenvalue weighted by Crippen LogP contribution is 2.26. The molecule has 0 unspecified atom stereocenters. The second-order valence-corrected chi connectivity index (χ2v) is 7.08. The third-order valence-corrected chi connectivity index (χ3v) is 5.06. The van der Waals surface area contributed by atoms with E-state index in [-0.39, 0.29) is 6.09 Å². The Morgan fingerprint density at radius 1 is 1.36 bits per heavy atom. The van der Waals surface area contributed by atoms with Gasteiger partial charge in [-0.15, -0.1) is 0 Å². The number of amides is 1. The van der Waals surface area contributed by atoms with Gasteiger partial charge in [-0.2, -0.15) is 0 Å². The fourth-order valence-electron chi connectivity index (χ4n) is 3.09. The van der Waals surface area contributed by atoms with Crippen molar-refractivity contribution in [1.29, 1.82) is 0 Å². The first kappa shape index (κ1) is 15.8. The Bertz CT molecular complexity index is 543. The zero-order valence-corrected chi connectivity index (χ0v) is 14.6. The lowest BCUT2D eigenvalue weighted by molar-refractivity contribution is 0.0158. The number of hydrogen-bond donors (Lipinski definition) is 0. The van der Waals surface area contributed by atoms with Crippen molar-refractivity contribution in [1.82, 2.24) is 9.80 Å². The summed E-state index contributed by atoms with van der Waals surface area (Å²) in [7, 11) is 0. The van der Waals surface area contributed by atoms with Crippen LogP contribution in [0.25, 0.3) is 0 Å². The van der Waals surface area contributed by atoms with E-state index in [1.54, 1.807) is 0 Å². The number of hydrogen-bond acceptors (Lipinski definition) is 3. The third kappa shape index (κ3) is 3.46. The molecule has 2 aliphatic heterocycles. The van der Waals surface area contributed by atoms with Crippen molar-refractivity contribution >= 4 is 22.0 Å². The lowest BCUT2D eigenvalue weighted by Crippen LogP contribution is -2.61. The number of carbonyl (C=O) groups is 1. The highest BCUT2D eigenvalue weighted by Gasteiger charge is 2.36. The smallest absolute Gasteiger partial charge is 0.409 e. The Morgan fingerprint density at radius 3 is 2.95 bits per heavy atom. The Morgan fingerprint density at radius 2 is 2.18 bits per heavy atom. The van der Waals surface area contributed by atoms with E-state index in [1.165, 1.54) is 11.1 Å². The first-order chi connectivity index (χ1) is 10.7. The molecule has 1 amide bonds. The summed E-state index contributed by atoms with van der Waals surface area (Å²) in [6, 6.07) is 7.03. The van der Waals surface area contributed by atoms with E-state index < -0.39 is 0 Å². The highest BCUT2D eigenvalue weighted by atomic mass is 79.9. The molecule has 4 nitrogen and oxygen atoms in total. The fraction of sp³-hybridized carbons (Fsp3) is 0.588. The van der Waals surface area contributed by atoms with Gasteiger partial charge in [0.25, 0.3) is 0 Å². The standard InChI is InChI=1S/C17H23BrN2O2/c1-2-3-8-22-17(21)20-11-16(12-20)19-7-6-13-9-15(18)5-4-14(13)10-19/h4-5,9,16H,2-3,6-8,10-12H2,1H3. The first-order valence-electron chi connectivity index (χ1n) is 8.10. The predicted molar refractivity (Wildman–Crippen MR) is 89.9 cm³/mol. The van der Waals surface area contributed by atoms with Crippen LogP contribution in [-0.4, -0.2) is 48.2 Å². The van der Waals surface area contributed by atoms with E-state index >= 15 is 0 Å². The number of ether oxygens (including phenoxy) is 1. The molecule has 2 aliphatic rings. The zero-order valence-electron chi connectivity index (χ0n) is 13.1. The minimum absolute atomic E-state index is 0.147. The van der Waals surface area contributed by atoms with Gasteiger partial charge in [0.2, 0.25) is 0 Å². The summed E-state index contributed by atoms with van der Waals surface area (Å²) in [6.45, 7) is 6.31. The summed E-state index contributed by atoms with van der Waals surface area (Å²) in [5.41, 5.74) is 2.86. The summed E-state index contributed by atoms with van der Waals surface area (Å²) in [5, 5.41) is 0. The SMILES string of the molecule is CCCCOC(=O)N1CC(N2CCc3cc(Br)ccc3C2)C1. The summed E-state index contributed by atoms with van der Waals surface area (Å²) in [4.78, 5) is 16.2. The minimum atomic E-state index is -0.147. The van der Waals surface area contributed by atoms with Gasteiger partial charge < -0.3 is 9.64 Å². The van der Waals surface area contributed by atoms with E-state index in [0.29, 0.717) is 12.6 Å². The largest absolute Gasteiger partial charge is 0.449 e. The minimum Gasteiger partial charge on any atom is -0.449 e. The lowest BCUT2D eigenvalue weighted by Gasteiger charge is -2.46. The first-order valence-corrected chi connectivity index (χ1v) is 8.89. The van der Waals surface area contributed by atoms with Crippen LogP contribution < -0.4 is 0 Å². The van der Waals surface area contributed by atoms with Crippen molar-refractivity contribution in [3.05, 3.63) is 33.8 Å². The number of fused-ring (bicyclic) bond motifs is 1. The van der Waals surface area contributed by atoms with Crippen LogP contribution in [0.15, 0.2) is 22.7 Å². The van der Waals surface area contributed by atoms with Crippen LogP contribution in [0.5, 0.6) is 0 Å². The molecule has 0 radical (unpaired) electrons. The Labute approximate surface area is 140 Å². The van der Waals surface area contributed by atoms with Crippen LogP contribution in [-0.2, 0) is 17.7 Å². The van der Waals surface area contributed by atoms with Crippen LogP contribution in [0.3, 0.4) is 0 Å². The number of rotatable bonds is 4. The third-order valence-electron chi connectivity index (χ3n) is 4.57. The Balaban J connectivity index is 1.48. The monoisotopic (exact) mass is 366 g/mol. The van der Waals surface area contributed by atoms with Crippen LogP contribution in [0, 0.1) is 0 Å². The van der Waals surface area contributed by atoms with Gasteiger partial charge in [-0.05, 0) is 36.1 Å². The molecule has 5 heteroatoms. The van der Waals surface area contributed by atoms with Gasteiger partial charge in [-0.3, -0.25) is 4.90 Å². The maximum Gasteiger partial charge on any atom is 0.409 e. The van der Waals surface area contributed by atoms with Gasteiger partial charge in [0.15, 0.2) is 0 Å². The van der Waals surface area contributed by atoms with Crippen LogP contribution in [0.4, 0.5) is 4.79 Å². The Kier molecular flexibility index (Phi) is 5.03. The highest BCUT2D eigenvalue weighted by molar-refractivity contribution is 9.10. The van der Waals surface area contributed by atoms with Crippen LogP contribution >= 0.6 is 15.9 Å². The molecule has 22 heavy (non-hydrogen) atoms. The molecule has 0 aromatic heterocycles. The summed E-state index contributed by atoms with van der Waals surface area (Å²) in [5.74, 6) is 0. The molecule has 0 bridgehead atoms. The molecule has 120 valence electrons. The summed E-state index contributed by atoms with van der Waals surface area (Å²) in [6.07, 6.45) is 2.94. The number of nitrogens with zero attached hydrogens (tertiary/aromatic N) is 2. The van der Waals surface area contributed by atoms with Gasteiger partial charge in [-0.25, -0.2) is 4.79 Å². The molecule has 0 saturated carbocycles. The number of likely N-dealkylation sites (tertiary alicyclic amines) is 1. The van der Waals surface area contributed by atoms with E-state index in [1.807, 2.05) is 4.90 Å². The summed E-state index contributed by atoms with van der Waals surface area (Å²) >= 11 is 3.54. The second kappa shape index (κ2) is 7.01. The molecule has 0 atom stereocenters. The van der Waals surface area contributed by atoms with E-state index in [2.05, 4.69) is 46.0 Å². The van der Waals surface area contributed by atoms with Crippen molar-refractivity contribution in [2.75, 3.05) is 26.2 Å². The maximum atomic E-state index is 11.8. The Hall–Kier alpha value is -1.07. The van der Waals surface area contributed by atoms with Crippen molar-refractivity contribution < 1.29 is 9.53 Å². The molecule has 0 aliphatic carbocycles. The molecular weight excluding hydrogens is 344 g/mol. The number of halogens is 1. The normalized spacial score (nSPS) is 18.7. The van der Waals surface area contributed by atoms with Crippen LogP contribution in [0.2, 0.25) is 0 Å². The van der Waals surface area contributed by atoms with Gasteiger partial charge in [0.1, 0.15) is 0 Å². The molecule has 1 aromatic carbocycles. The molecule has 0 N–H and O–H groups in total. The second-order valence-electron chi connectivity index (χ2n) is 6.16. The van der Waals surface area contributed by atoms with Crippen LogP contribution in [0.1, 0.15) is 30.9 Å². The lowest BCUT2D eigenvalue weighted by atomic mass is 9.97. The van der Waals surface area contributed by atoms with Crippen molar-refractivity contribution in [2.45, 2.75) is 38.8 Å². The van der Waals surface area contributed by atoms with E-state index in [9.17, 15) is 4.79 Å². The van der Waals surface area contributed by atoms with Gasteiger partial charge in [0.05, 0.1) is 6.61 Å². The zero-order chi connectivity index (χ0) is 15.5. The number of benzene rings is 1. The number of unbranched alkanes of at least 4 members (excludes halogenated alkanes) is 1. The molecular formula is C17H23BrN2O2. The summed E-state index contributed by atoms with van der Waals surface area (Å²) < 4.78 is 6.41. The molecule has 3 rings (SSSR count). The van der Waals surface area contributed by atoms with Gasteiger partial charge in [0, 0.05) is 36.7 Å². The topological polar surface area (TPSA) is 32.8 Å². The van der Waals surface area contributed by atoms with Gasteiger partial charge >= 0.3 is 6.09 Å². The predicted octanol–water partition coefficient (Wildman–Crippen LogP) is 3.43. The van der Waals surface area contributed by atoms with Crippen molar-refractivity contribution in [3.63, 3.8) is 0 Å². The average Bonchev–Trinajstić information content (AvgIpc) is 2.46.